The van der Waals surface area contributed by atoms with Crippen LogP contribution < -0.4 is 0 Å². The van der Waals surface area contributed by atoms with Crippen molar-refractivity contribution in [3.8, 4) is 0 Å². The van der Waals surface area contributed by atoms with Crippen molar-refractivity contribution in [2.45, 2.75) is 13.0 Å². The number of non-ortho nitro benzene ring substituents is 1. The summed E-state index contributed by atoms with van der Waals surface area (Å²) in [7, 11) is 0. The molecular weight excluding hydrogens is 302 g/mol. The van der Waals surface area contributed by atoms with Crippen LogP contribution in [0.5, 0.6) is 0 Å². The van der Waals surface area contributed by atoms with Crippen LogP contribution in [0.1, 0.15) is 11.1 Å². The third-order valence-corrected chi connectivity index (χ3v) is 4.58. The minimum Gasteiger partial charge on any atom is -0.300 e. The monoisotopic (exact) mass is 325 g/mol. The van der Waals surface area contributed by atoms with E-state index in [9.17, 15) is 10.1 Å². The molecule has 0 N–H and O–H groups in total. The molecule has 0 aromatic heterocycles. The summed E-state index contributed by atoms with van der Waals surface area (Å²) < 4.78 is 0. The molecule has 0 bridgehead atoms. The van der Waals surface area contributed by atoms with Crippen molar-refractivity contribution in [3.63, 3.8) is 0 Å². The molecule has 1 aliphatic heterocycles. The largest absolute Gasteiger partial charge is 0.300 e. The van der Waals surface area contributed by atoms with Gasteiger partial charge >= 0.3 is 0 Å². The molecule has 0 saturated carbocycles. The minimum atomic E-state index is -0.352. The summed E-state index contributed by atoms with van der Waals surface area (Å²) in [6.45, 7) is 6.23. The molecule has 1 aliphatic rings. The second-order valence-electron chi connectivity index (χ2n) is 6.28. The fourth-order valence-electron chi connectivity index (χ4n) is 3.08. The van der Waals surface area contributed by atoms with E-state index < -0.39 is 0 Å². The molecule has 2 aromatic carbocycles. The summed E-state index contributed by atoms with van der Waals surface area (Å²) in [4.78, 5) is 15.3. The molecule has 1 saturated heterocycles. The summed E-state index contributed by atoms with van der Waals surface area (Å²) in [5.74, 6) is 0. The van der Waals surface area contributed by atoms with Gasteiger partial charge in [-0.15, -0.1) is 0 Å². The van der Waals surface area contributed by atoms with Gasteiger partial charge in [-0.25, -0.2) is 0 Å². The Balaban J connectivity index is 1.42. The molecule has 0 spiro atoms. The molecule has 0 aliphatic carbocycles. The molecule has 0 atom stereocenters. The van der Waals surface area contributed by atoms with Crippen molar-refractivity contribution >= 4 is 5.69 Å². The Bertz CT molecular complexity index is 650. The molecule has 2 aromatic rings. The Labute approximate surface area is 142 Å². The van der Waals surface area contributed by atoms with Crippen LogP contribution in [-0.4, -0.2) is 47.4 Å². The van der Waals surface area contributed by atoms with E-state index in [1.54, 1.807) is 12.1 Å². The molecule has 0 unspecified atom stereocenters. The van der Waals surface area contributed by atoms with Crippen molar-refractivity contribution in [1.29, 1.82) is 0 Å². The summed E-state index contributed by atoms with van der Waals surface area (Å²) in [6.07, 6.45) is 1.10. The highest BCUT2D eigenvalue weighted by molar-refractivity contribution is 5.32. The number of nitrogens with zero attached hydrogens (tertiary/aromatic N) is 3. The lowest BCUT2D eigenvalue weighted by Gasteiger charge is -2.34. The highest BCUT2D eigenvalue weighted by Crippen LogP contribution is 2.14. The third-order valence-electron chi connectivity index (χ3n) is 4.58. The Hall–Kier alpha value is -2.24. The standard InChI is InChI=1S/C19H23N3O2/c23-22(24)19-8-6-18(7-9-19)16-21-14-12-20(13-15-21)11-10-17-4-2-1-3-5-17/h1-9H,10-16H2. The maximum atomic E-state index is 10.7. The first-order chi connectivity index (χ1) is 11.7. The Morgan fingerprint density at radius 3 is 2.08 bits per heavy atom. The third kappa shape index (κ3) is 4.63. The highest BCUT2D eigenvalue weighted by Gasteiger charge is 2.17. The number of piperazine rings is 1. The zero-order chi connectivity index (χ0) is 16.8. The van der Waals surface area contributed by atoms with Crippen LogP contribution in [0, 0.1) is 10.1 Å². The Kier molecular flexibility index (Phi) is 5.56. The van der Waals surface area contributed by atoms with E-state index in [2.05, 4.69) is 40.1 Å². The summed E-state index contributed by atoms with van der Waals surface area (Å²) in [6, 6.07) is 17.5. The van der Waals surface area contributed by atoms with Gasteiger partial charge in [-0.05, 0) is 17.5 Å². The SMILES string of the molecule is O=[N+]([O-])c1ccc(CN2CCN(CCc3ccccc3)CC2)cc1. The fraction of sp³-hybridized carbons (Fsp3) is 0.368. The summed E-state index contributed by atoms with van der Waals surface area (Å²) in [5, 5.41) is 10.7. The number of hydrogen-bond donors (Lipinski definition) is 0. The molecular formula is C19H23N3O2. The Morgan fingerprint density at radius 2 is 1.46 bits per heavy atom. The van der Waals surface area contributed by atoms with E-state index in [1.807, 2.05) is 12.1 Å². The van der Waals surface area contributed by atoms with E-state index >= 15 is 0 Å². The zero-order valence-corrected chi connectivity index (χ0v) is 13.8. The van der Waals surface area contributed by atoms with Crippen LogP contribution in [0.15, 0.2) is 54.6 Å². The maximum absolute atomic E-state index is 10.7. The highest BCUT2D eigenvalue weighted by atomic mass is 16.6. The number of hydrogen-bond acceptors (Lipinski definition) is 4. The first kappa shape index (κ1) is 16.6. The van der Waals surface area contributed by atoms with Crippen LogP contribution in [0.25, 0.3) is 0 Å². The molecule has 5 nitrogen and oxygen atoms in total. The predicted molar refractivity (Wildman–Crippen MR) is 95.0 cm³/mol. The Morgan fingerprint density at radius 1 is 0.833 bits per heavy atom. The lowest BCUT2D eigenvalue weighted by Crippen LogP contribution is -2.46. The lowest BCUT2D eigenvalue weighted by molar-refractivity contribution is -0.384. The number of nitro groups is 1. The van der Waals surface area contributed by atoms with E-state index in [0.717, 1.165) is 51.3 Å². The maximum Gasteiger partial charge on any atom is 0.269 e. The van der Waals surface area contributed by atoms with Crippen LogP contribution in [0.4, 0.5) is 5.69 Å². The quantitative estimate of drug-likeness (QED) is 0.605. The molecule has 1 heterocycles. The smallest absolute Gasteiger partial charge is 0.269 e. The zero-order valence-electron chi connectivity index (χ0n) is 13.8. The van der Waals surface area contributed by atoms with Gasteiger partial charge in [0.25, 0.3) is 5.69 Å². The topological polar surface area (TPSA) is 49.6 Å². The van der Waals surface area contributed by atoms with Gasteiger partial charge in [0.15, 0.2) is 0 Å². The van der Waals surface area contributed by atoms with Crippen molar-refractivity contribution in [2.75, 3.05) is 32.7 Å². The van der Waals surface area contributed by atoms with Crippen molar-refractivity contribution in [2.24, 2.45) is 0 Å². The van der Waals surface area contributed by atoms with Crippen molar-refractivity contribution in [1.82, 2.24) is 9.80 Å². The number of nitro benzene ring substituents is 1. The van der Waals surface area contributed by atoms with E-state index in [0.29, 0.717) is 0 Å². The first-order valence-corrected chi connectivity index (χ1v) is 8.43. The van der Waals surface area contributed by atoms with Crippen LogP contribution in [0.2, 0.25) is 0 Å². The van der Waals surface area contributed by atoms with Gasteiger partial charge in [-0.1, -0.05) is 42.5 Å². The van der Waals surface area contributed by atoms with Gasteiger partial charge < -0.3 is 4.90 Å². The average molecular weight is 325 g/mol. The fourth-order valence-corrected chi connectivity index (χ4v) is 3.08. The van der Waals surface area contributed by atoms with E-state index in [1.165, 1.54) is 5.56 Å². The molecule has 0 radical (unpaired) electrons. The molecule has 5 heteroatoms. The van der Waals surface area contributed by atoms with Gasteiger partial charge in [0.1, 0.15) is 0 Å². The van der Waals surface area contributed by atoms with Gasteiger partial charge in [0.2, 0.25) is 0 Å². The van der Waals surface area contributed by atoms with E-state index in [-0.39, 0.29) is 10.6 Å². The normalized spacial score (nSPS) is 16.2. The average Bonchev–Trinajstić information content (AvgIpc) is 2.62. The second-order valence-corrected chi connectivity index (χ2v) is 6.28. The molecule has 0 amide bonds. The lowest BCUT2D eigenvalue weighted by atomic mass is 10.1. The first-order valence-electron chi connectivity index (χ1n) is 8.43. The predicted octanol–water partition coefficient (Wildman–Crippen LogP) is 2.96. The summed E-state index contributed by atoms with van der Waals surface area (Å²) in [5.41, 5.74) is 2.69. The number of benzene rings is 2. The molecule has 3 rings (SSSR count). The minimum absolute atomic E-state index is 0.157. The van der Waals surface area contributed by atoms with Crippen LogP contribution in [-0.2, 0) is 13.0 Å². The van der Waals surface area contributed by atoms with Gasteiger partial charge in [0, 0.05) is 51.4 Å². The van der Waals surface area contributed by atoms with Gasteiger partial charge in [-0.3, -0.25) is 15.0 Å². The van der Waals surface area contributed by atoms with Gasteiger partial charge in [0.05, 0.1) is 4.92 Å². The van der Waals surface area contributed by atoms with E-state index in [4.69, 9.17) is 0 Å². The summed E-state index contributed by atoms with van der Waals surface area (Å²) >= 11 is 0. The van der Waals surface area contributed by atoms with Crippen LogP contribution >= 0.6 is 0 Å². The van der Waals surface area contributed by atoms with Gasteiger partial charge in [-0.2, -0.15) is 0 Å². The molecule has 126 valence electrons. The van der Waals surface area contributed by atoms with Crippen LogP contribution in [0.3, 0.4) is 0 Å². The van der Waals surface area contributed by atoms with Crippen molar-refractivity contribution in [3.05, 3.63) is 75.8 Å². The van der Waals surface area contributed by atoms with Crippen molar-refractivity contribution < 1.29 is 4.92 Å². The number of rotatable bonds is 6. The molecule has 1 fully saturated rings. The molecule has 24 heavy (non-hydrogen) atoms. The second kappa shape index (κ2) is 8.04.